The third kappa shape index (κ3) is 2.32. The quantitative estimate of drug-likeness (QED) is 0.861. The fourth-order valence-corrected chi connectivity index (χ4v) is 5.05. The Labute approximate surface area is 126 Å². The molecule has 3 atom stereocenters. The standard InChI is InChI=1S/C16H21NO3S/c1-11-7-9-12(10-8-11)21(19,20)17(2)15-13-5-3-4-6-14(13)16(15)18/h7-10,13-15H,3-6H2,1-2H3/t13-,14+,15+/m1/s1. The number of benzene rings is 1. The number of aryl methyl sites for hydroxylation is 1. The molecule has 2 aliphatic rings. The van der Waals surface area contributed by atoms with Gasteiger partial charge in [0.2, 0.25) is 10.0 Å². The van der Waals surface area contributed by atoms with Crippen LogP contribution in [0.15, 0.2) is 29.2 Å². The van der Waals surface area contributed by atoms with Crippen LogP contribution in [-0.2, 0) is 14.8 Å². The van der Waals surface area contributed by atoms with Crippen molar-refractivity contribution in [2.45, 2.75) is 43.5 Å². The van der Waals surface area contributed by atoms with Crippen LogP contribution in [0.5, 0.6) is 0 Å². The number of fused-ring (bicyclic) bond motifs is 1. The van der Waals surface area contributed by atoms with Crippen molar-refractivity contribution < 1.29 is 13.2 Å². The van der Waals surface area contributed by atoms with Gasteiger partial charge in [-0.15, -0.1) is 0 Å². The Kier molecular flexibility index (Phi) is 3.66. The van der Waals surface area contributed by atoms with Crippen molar-refractivity contribution in [1.82, 2.24) is 4.31 Å². The number of Topliss-reactive ketones (excluding diaryl/α,β-unsaturated/α-hetero) is 1. The van der Waals surface area contributed by atoms with E-state index in [9.17, 15) is 13.2 Å². The first-order valence-electron chi connectivity index (χ1n) is 7.51. The van der Waals surface area contributed by atoms with Crippen molar-refractivity contribution in [3.63, 3.8) is 0 Å². The van der Waals surface area contributed by atoms with Gasteiger partial charge in [-0.05, 0) is 37.8 Å². The van der Waals surface area contributed by atoms with Crippen LogP contribution in [0.3, 0.4) is 0 Å². The first-order chi connectivity index (χ1) is 9.93. The van der Waals surface area contributed by atoms with Crippen LogP contribution in [0.1, 0.15) is 31.2 Å². The summed E-state index contributed by atoms with van der Waals surface area (Å²) < 4.78 is 26.6. The maximum Gasteiger partial charge on any atom is 0.243 e. The molecule has 4 nitrogen and oxygen atoms in total. The van der Waals surface area contributed by atoms with Gasteiger partial charge < -0.3 is 0 Å². The average Bonchev–Trinajstić information content (AvgIpc) is 2.47. The molecule has 0 aromatic heterocycles. The molecule has 21 heavy (non-hydrogen) atoms. The highest BCUT2D eigenvalue weighted by Crippen LogP contribution is 2.45. The summed E-state index contributed by atoms with van der Waals surface area (Å²) in [5, 5.41) is 0. The van der Waals surface area contributed by atoms with Gasteiger partial charge in [-0.25, -0.2) is 8.42 Å². The summed E-state index contributed by atoms with van der Waals surface area (Å²) in [6.07, 6.45) is 4.09. The fourth-order valence-electron chi connectivity index (χ4n) is 3.68. The van der Waals surface area contributed by atoms with Crippen molar-refractivity contribution in [1.29, 1.82) is 0 Å². The highest BCUT2D eigenvalue weighted by molar-refractivity contribution is 7.89. The average molecular weight is 307 g/mol. The molecule has 0 N–H and O–H groups in total. The monoisotopic (exact) mass is 307 g/mol. The molecule has 2 fully saturated rings. The molecule has 0 amide bonds. The minimum Gasteiger partial charge on any atom is -0.298 e. The number of nitrogens with zero attached hydrogens (tertiary/aromatic N) is 1. The predicted octanol–water partition coefficient (Wildman–Crippen LogP) is 2.37. The molecule has 1 aromatic rings. The Hall–Kier alpha value is -1.20. The number of ketones is 1. The van der Waals surface area contributed by atoms with E-state index in [4.69, 9.17) is 0 Å². The number of carbonyl (C=O) groups is 1. The lowest BCUT2D eigenvalue weighted by molar-refractivity contribution is -0.144. The highest BCUT2D eigenvalue weighted by atomic mass is 32.2. The summed E-state index contributed by atoms with van der Waals surface area (Å²) in [5.74, 6) is 0.425. The number of likely N-dealkylation sites (N-methyl/N-ethyl adjacent to an activating group) is 1. The van der Waals surface area contributed by atoms with Crippen LogP contribution in [0, 0.1) is 18.8 Å². The molecule has 2 saturated carbocycles. The van der Waals surface area contributed by atoms with E-state index in [1.165, 1.54) is 4.31 Å². The summed E-state index contributed by atoms with van der Waals surface area (Å²) in [6, 6.07) is 6.34. The molecule has 0 heterocycles. The summed E-state index contributed by atoms with van der Waals surface area (Å²) in [7, 11) is -2.04. The SMILES string of the molecule is Cc1ccc(S(=O)(=O)N(C)[C@@H]2C(=O)[C@H]3CCCC[C@H]32)cc1. The smallest absolute Gasteiger partial charge is 0.243 e. The molecule has 0 radical (unpaired) electrons. The molecule has 0 unspecified atom stereocenters. The number of rotatable bonds is 3. The molecule has 0 aliphatic heterocycles. The van der Waals surface area contributed by atoms with Gasteiger partial charge in [0.25, 0.3) is 0 Å². The lowest BCUT2D eigenvalue weighted by atomic mass is 9.61. The van der Waals surface area contributed by atoms with Crippen LogP contribution in [0.25, 0.3) is 0 Å². The molecule has 5 heteroatoms. The Morgan fingerprint density at radius 1 is 1.10 bits per heavy atom. The van der Waals surface area contributed by atoms with Gasteiger partial charge >= 0.3 is 0 Å². The number of hydrogen-bond acceptors (Lipinski definition) is 3. The molecule has 114 valence electrons. The van der Waals surface area contributed by atoms with Crippen molar-refractivity contribution in [2.24, 2.45) is 11.8 Å². The Morgan fingerprint density at radius 3 is 2.38 bits per heavy atom. The van der Waals surface area contributed by atoms with E-state index in [0.717, 1.165) is 31.2 Å². The van der Waals surface area contributed by atoms with Crippen LogP contribution in [-0.4, -0.2) is 31.6 Å². The molecule has 2 aliphatic carbocycles. The maximum atomic E-state index is 12.7. The van der Waals surface area contributed by atoms with Gasteiger partial charge in [-0.2, -0.15) is 4.31 Å². The summed E-state index contributed by atoms with van der Waals surface area (Å²) in [6.45, 7) is 1.92. The van der Waals surface area contributed by atoms with E-state index in [1.54, 1.807) is 31.3 Å². The molecular weight excluding hydrogens is 286 g/mol. The number of carbonyl (C=O) groups excluding carboxylic acids is 1. The van der Waals surface area contributed by atoms with Crippen LogP contribution >= 0.6 is 0 Å². The van der Waals surface area contributed by atoms with Gasteiger partial charge in [-0.3, -0.25) is 4.79 Å². The van der Waals surface area contributed by atoms with Gasteiger partial charge in [0.05, 0.1) is 10.9 Å². The first kappa shape index (κ1) is 14.7. The third-order valence-corrected chi connectivity index (χ3v) is 6.82. The highest BCUT2D eigenvalue weighted by Gasteiger charge is 2.54. The fraction of sp³-hybridized carbons (Fsp3) is 0.562. The van der Waals surface area contributed by atoms with Gasteiger partial charge in [-0.1, -0.05) is 30.5 Å². The second-order valence-corrected chi connectivity index (χ2v) is 8.23. The second-order valence-electron chi connectivity index (χ2n) is 6.24. The van der Waals surface area contributed by atoms with Gasteiger partial charge in [0.15, 0.2) is 5.78 Å². The Morgan fingerprint density at radius 2 is 1.71 bits per heavy atom. The first-order valence-corrected chi connectivity index (χ1v) is 8.95. The topological polar surface area (TPSA) is 54.5 Å². The van der Waals surface area contributed by atoms with Gasteiger partial charge in [0, 0.05) is 13.0 Å². The summed E-state index contributed by atoms with van der Waals surface area (Å²) in [5.41, 5.74) is 1.02. The zero-order valence-corrected chi connectivity index (χ0v) is 13.3. The lowest BCUT2D eigenvalue weighted by Crippen LogP contribution is -2.61. The molecule has 0 saturated heterocycles. The molecular formula is C16H21NO3S. The summed E-state index contributed by atoms with van der Waals surface area (Å²) in [4.78, 5) is 12.5. The van der Waals surface area contributed by atoms with Crippen molar-refractivity contribution in [3.05, 3.63) is 29.8 Å². The van der Waals surface area contributed by atoms with Crippen molar-refractivity contribution >= 4 is 15.8 Å². The van der Waals surface area contributed by atoms with E-state index in [1.807, 2.05) is 6.92 Å². The van der Waals surface area contributed by atoms with Crippen molar-refractivity contribution in [2.75, 3.05) is 7.05 Å². The van der Waals surface area contributed by atoms with Crippen molar-refractivity contribution in [3.8, 4) is 0 Å². The van der Waals surface area contributed by atoms with Crippen LogP contribution in [0.4, 0.5) is 0 Å². The maximum absolute atomic E-state index is 12.7. The van der Waals surface area contributed by atoms with Crippen LogP contribution in [0.2, 0.25) is 0 Å². The second kappa shape index (κ2) is 5.21. The normalized spacial score (nSPS) is 29.1. The third-order valence-electron chi connectivity index (χ3n) is 4.97. The zero-order valence-electron chi connectivity index (χ0n) is 12.5. The number of hydrogen-bond donors (Lipinski definition) is 0. The van der Waals surface area contributed by atoms with E-state index in [-0.39, 0.29) is 22.5 Å². The van der Waals surface area contributed by atoms with E-state index >= 15 is 0 Å². The molecule has 3 rings (SSSR count). The summed E-state index contributed by atoms with van der Waals surface area (Å²) >= 11 is 0. The largest absolute Gasteiger partial charge is 0.298 e. The minimum atomic E-state index is -3.59. The molecule has 1 aromatic carbocycles. The molecule has 0 bridgehead atoms. The minimum absolute atomic E-state index is 0.0967. The van der Waals surface area contributed by atoms with E-state index in [0.29, 0.717) is 0 Å². The van der Waals surface area contributed by atoms with E-state index < -0.39 is 16.1 Å². The zero-order chi connectivity index (χ0) is 15.2. The Balaban J connectivity index is 1.86. The number of sulfonamides is 1. The van der Waals surface area contributed by atoms with Crippen LogP contribution < -0.4 is 0 Å². The molecule has 0 spiro atoms. The Bertz CT molecular complexity index is 651. The lowest BCUT2D eigenvalue weighted by Gasteiger charge is -2.49. The van der Waals surface area contributed by atoms with E-state index in [2.05, 4.69) is 0 Å². The predicted molar refractivity (Wildman–Crippen MR) is 80.4 cm³/mol. The van der Waals surface area contributed by atoms with Gasteiger partial charge in [0.1, 0.15) is 0 Å².